The molecule has 4 heteroatoms. The number of aliphatic carboxylic acids is 2. The van der Waals surface area contributed by atoms with Gasteiger partial charge in [-0.25, -0.2) is 0 Å². The molecule has 0 unspecified atom stereocenters. The van der Waals surface area contributed by atoms with Crippen LogP contribution in [0, 0.1) is 27.7 Å². The van der Waals surface area contributed by atoms with Crippen molar-refractivity contribution in [2.45, 2.75) is 53.4 Å². The zero-order valence-electron chi connectivity index (χ0n) is 16.2. The molecule has 0 aromatic heterocycles. The topological polar surface area (TPSA) is 74.6 Å². The molecule has 0 amide bonds. The van der Waals surface area contributed by atoms with E-state index in [0.29, 0.717) is 12.8 Å². The number of hydrogen-bond acceptors (Lipinski definition) is 2. The summed E-state index contributed by atoms with van der Waals surface area (Å²) in [5.41, 5.74) is 5.41. The molecule has 0 spiro atoms. The molecule has 0 radical (unpaired) electrons. The van der Waals surface area contributed by atoms with Crippen molar-refractivity contribution < 1.29 is 19.8 Å². The van der Waals surface area contributed by atoms with E-state index < -0.39 is 11.9 Å². The van der Waals surface area contributed by atoms with Crippen molar-refractivity contribution in [3.63, 3.8) is 0 Å². The summed E-state index contributed by atoms with van der Waals surface area (Å²) < 4.78 is 0. The van der Waals surface area contributed by atoms with Gasteiger partial charge in [-0.2, -0.15) is 0 Å². The Labute approximate surface area is 156 Å². The fourth-order valence-electron chi connectivity index (χ4n) is 2.02. The normalized spacial score (nSPS) is 9.23. The monoisotopic (exact) mass is 358 g/mol. The first-order valence-corrected chi connectivity index (χ1v) is 8.71. The van der Waals surface area contributed by atoms with Crippen LogP contribution in [0.15, 0.2) is 48.5 Å². The van der Waals surface area contributed by atoms with Gasteiger partial charge in [0.1, 0.15) is 0 Å². The van der Waals surface area contributed by atoms with Crippen molar-refractivity contribution in [1.29, 1.82) is 0 Å². The van der Waals surface area contributed by atoms with Crippen molar-refractivity contribution >= 4 is 11.9 Å². The van der Waals surface area contributed by atoms with Gasteiger partial charge in [-0.05, 0) is 51.7 Å². The van der Waals surface area contributed by atoms with E-state index in [0.717, 1.165) is 0 Å². The summed E-state index contributed by atoms with van der Waals surface area (Å²) in [6.45, 7) is 8.45. The molecule has 0 fully saturated rings. The second-order valence-electron chi connectivity index (χ2n) is 6.24. The summed E-state index contributed by atoms with van der Waals surface area (Å²) in [6.07, 6.45) is 1.02. The molecule has 0 saturated heterocycles. The van der Waals surface area contributed by atoms with Gasteiger partial charge >= 0.3 is 11.9 Å². The minimum absolute atomic E-state index is 0.0628. The van der Waals surface area contributed by atoms with Crippen LogP contribution in [0.3, 0.4) is 0 Å². The summed E-state index contributed by atoms with van der Waals surface area (Å²) in [6, 6.07) is 16.8. The number of carboxylic acids is 2. The van der Waals surface area contributed by atoms with Crippen molar-refractivity contribution in [2.24, 2.45) is 0 Å². The van der Waals surface area contributed by atoms with Gasteiger partial charge in [-0.1, -0.05) is 59.7 Å². The molecule has 2 aromatic rings. The van der Waals surface area contributed by atoms with Gasteiger partial charge in [0.15, 0.2) is 0 Å². The molecule has 0 aliphatic carbocycles. The van der Waals surface area contributed by atoms with Crippen LogP contribution in [0.2, 0.25) is 0 Å². The van der Waals surface area contributed by atoms with Crippen molar-refractivity contribution in [1.82, 2.24) is 0 Å². The van der Waals surface area contributed by atoms with E-state index in [1.54, 1.807) is 0 Å². The molecule has 0 saturated carbocycles. The largest absolute Gasteiger partial charge is 0.481 e. The Morgan fingerprint density at radius 3 is 1.31 bits per heavy atom. The van der Waals surface area contributed by atoms with Gasteiger partial charge in [0, 0.05) is 12.8 Å². The second-order valence-corrected chi connectivity index (χ2v) is 6.24. The lowest BCUT2D eigenvalue weighted by molar-refractivity contribution is -0.139. The van der Waals surface area contributed by atoms with E-state index >= 15 is 0 Å². The highest BCUT2D eigenvalue weighted by Crippen LogP contribution is 2.03. The average Bonchev–Trinajstić information content (AvgIpc) is 2.55. The quantitative estimate of drug-likeness (QED) is 0.709. The van der Waals surface area contributed by atoms with E-state index in [1.165, 1.54) is 22.3 Å². The number of carboxylic acid groups (broad SMARTS) is 2. The highest BCUT2D eigenvalue weighted by molar-refractivity contribution is 5.67. The van der Waals surface area contributed by atoms with Gasteiger partial charge in [0.2, 0.25) is 0 Å². The van der Waals surface area contributed by atoms with Crippen LogP contribution >= 0.6 is 0 Å². The van der Waals surface area contributed by atoms with Crippen LogP contribution in [0.25, 0.3) is 0 Å². The Morgan fingerprint density at radius 1 is 0.692 bits per heavy atom. The lowest BCUT2D eigenvalue weighted by Gasteiger charge is -1.93. The molecule has 0 atom stereocenters. The van der Waals surface area contributed by atoms with E-state index in [9.17, 15) is 9.59 Å². The first-order valence-electron chi connectivity index (χ1n) is 8.71. The van der Waals surface area contributed by atoms with Gasteiger partial charge < -0.3 is 10.2 Å². The molecular formula is C22H30O4. The first kappa shape index (κ1) is 23.4. The van der Waals surface area contributed by atoms with Crippen LogP contribution in [-0.2, 0) is 9.59 Å². The number of carbonyl (C=O) groups is 2. The molecule has 2 N–H and O–H groups in total. The van der Waals surface area contributed by atoms with Crippen LogP contribution in [0.4, 0.5) is 0 Å². The Morgan fingerprint density at radius 2 is 1.08 bits per heavy atom. The molecule has 142 valence electrons. The number of rotatable bonds is 5. The van der Waals surface area contributed by atoms with Crippen LogP contribution in [0.1, 0.15) is 47.9 Å². The van der Waals surface area contributed by atoms with Gasteiger partial charge in [0.25, 0.3) is 0 Å². The van der Waals surface area contributed by atoms with Gasteiger partial charge in [-0.15, -0.1) is 0 Å². The van der Waals surface area contributed by atoms with Crippen molar-refractivity contribution in [3.8, 4) is 0 Å². The Bertz CT molecular complexity index is 623. The molecule has 0 aliphatic heterocycles. The number of benzene rings is 2. The molecule has 0 heterocycles. The maximum absolute atomic E-state index is 9.90. The molecule has 2 aromatic carbocycles. The molecule has 0 bridgehead atoms. The third-order valence-corrected chi connectivity index (χ3v) is 3.63. The lowest BCUT2D eigenvalue weighted by Crippen LogP contribution is -1.97. The standard InChI is InChI=1S/2C8H10.C6H10O4/c1-7-4-3-5-8(2)6-7;1-7-5-3-4-6-8(7)2;7-5(8)3-1-2-4-6(9)10/h2*3-6H,1-2H3;1-4H2,(H,7,8)(H,9,10). The van der Waals surface area contributed by atoms with Crippen LogP contribution < -0.4 is 0 Å². The number of unbranched alkanes of at least 4 members (excludes halogenated alkanes) is 1. The zero-order chi connectivity index (χ0) is 19.9. The van der Waals surface area contributed by atoms with E-state index in [4.69, 9.17) is 10.2 Å². The van der Waals surface area contributed by atoms with E-state index in [2.05, 4.69) is 76.2 Å². The molecule has 26 heavy (non-hydrogen) atoms. The smallest absolute Gasteiger partial charge is 0.303 e. The van der Waals surface area contributed by atoms with E-state index in [1.807, 2.05) is 0 Å². The van der Waals surface area contributed by atoms with Crippen LogP contribution in [0.5, 0.6) is 0 Å². The zero-order valence-corrected chi connectivity index (χ0v) is 16.2. The Hall–Kier alpha value is -2.62. The second kappa shape index (κ2) is 13.6. The Kier molecular flexibility index (Phi) is 12.3. The summed E-state index contributed by atoms with van der Waals surface area (Å²) >= 11 is 0. The fourth-order valence-corrected chi connectivity index (χ4v) is 2.02. The predicted molar refractivity (Wildman–Crippen MR) is 106 cm³/mol. The number of hydrogen-bond donors (Lipinski definition) is 2. The summed E-state index contributed by atoms with van der Waals surface area (Å²) in [7, 11) is 0. The minimum Gasteiger partial charge on any atom is -0.481 e. The minimum atomic E-state index is -0.870. The molecule has 2 rings (SSSR count). The third-order valence-electron chi connectivity index (χ3n) is 3.63. The summed E-state index contributed by atoms with van der Waals surface area (Å²) in [4.78, 5) is 19.8. The van der Waals surface area contributed by atoms with Crippen LogP contribution in [-0.4, -0.2) is 22.2 Å². The summed E-state index contributed by atoms with van der Waals surface area (Å²) in [5.74, 6) is -1.74. The maximum atomic E-state index is 9.90. The van der Waals surface area contributed by atoms with Gasteiger partial charge in [-0.3, -0.25) is 9.59 Å². The van der Waals surface area contributed by atoms with E-state index in [-0.39, 0.29) is 12.8 Å². The Balaban J connectivity index is 0.000000363. The SMILES string of the molecule is Cc1cccc(C)c1.Cc1ccccc1C.O=C(O)CCCCC(=O)O. The first-order chi connectivity index (χ1) is 12.2. The van der Waals surface area contributed by atoms with Crippen molar-refractivity contribution in [2.75, 3.05) is 0 Å². The fraction of sp³-hybridized carbons (Fsp3) is 0.364. The highest BCUT2D eigenvalue weighted by atomic mass is 16.4. The number of aryl methyl sites for hydroxylation is 4. The third kappa shape index (κ3) is 13.8. The molecular weight excluding hydrogens is 328 g/mol. The summed E-state index contributed by atoms with van der Waals surface area (Å²) in [5, 5.41) is 16.3. The maximum Gasteiger partial charge on any atom is 0.303 e. The molecule has 4 nitrogen and oxygen atoms in total. The molecule has 0 aliphatic rings. The van der Waals surface area contributed by atoms with Crippen molar-refractivity contribution in [3.05, 3.63) is 70.8 Å². The highest BCUT2D eigenvalue weighted by Gasteiger charge is 1.99. The van der Waals surface area contributed by atoms with Gasteiger partial charge in [0.05, 0.1) is 0 Å². The predicted octanol–water partition coefficient (Wildman–Crippen LogP) is 5.32. The average molecular weight is 358 g/mol. The lowest BCUT2D eigenvalue weighted by atomic mass is 10.1.